The Morgan fingerprint density at radius 3 is 2.49 bits per heavy atom. The third-order valence-corrected chi connectivity index (χ3v) is 5.17. The van der Waals surface area contributed by atoms with Crippen LogP contribution in [0.3, 0.4) is 0 Å². The van der Waals surface area contributed by atoms with Crippen molar-refractivity contribution >= 4 is 29.3 Å². The molecule has 6 nitrogen and oxygen atoms in total. The minimum atomic E-state index is -0.565. The van der Waals surface area contributed by atoms with Gasteiger partial charge in [-0.2, -0.15) is 5.26 Å². The largest absolute Gasteiger partial charge is 0.508 e. The second kappa shape index (κ2) is 12.3. The number of aromatic hydroxyl groups is 1. The summed E-state index contributed by atoms with van der Waals surface area (Å²) < 4.78 is 12.0. The number of phenolic OH excluding ortho intramolecular Hbond substituents is 1. The molecule has 0 unspecified atom stereocenters. The number of halogens is 1. The predicted molar refractivity (Wildman–Crippen MR) is 138 cm³/mol. The normalized spacial score (nSPS) is 10.8. The molecule has 0 aliphatic heterocycles. The minimum Gasteiger partial charge on any atom is -0.508 e. The van der Waals surface area contributed by atoms with Gasteiger partial charge in [-0.1, -0.05) is 29.8 Å². The number of nitrogens with zero attached hydrogens (tertiary/aromatic N) is 1. The van der Waals surface area contributed by atoms with E-state index in [0.29, 0.717) is 47.4 Å². The van der Waals surface area contributed by atoms with Crippen molar-refractivity contribution in [2.24, 2.45) is 0 Å². The fourth-order valence-electron chi connectivity index (χ4n) is 3.30. The molecule has 0 spiro atoms. The molecule has 1 amide bonds. The van der Waals surface area contributed by atoms with Crippen LogP contribution in [0.2, 0.25) is 5.02 Å². The molecular formula is C28H25ClN2O4. The van der Waals surface area contributed by atoms with Gasteiger partial charge in [-0.05, 0) is 79.1 Å². The SMILES string of the molecule is C=CCc1cc(/C=C(\C#N)C(=O)Nc2ccc(O)cc2)cc(OCC)c1OCc1ccc(Cl)cc1. The molecule has 0 aromatic heterocycles. The van der Waals surface area contributed by atoms with Crippen LogP contribution in [0.5, 0.6) is 17.2 Å². The lowest BCUT2D eigenvalue weighted by Gasteiger charge is -2.17. The van der Waals surface area contributed by atoms with E-state index in [0.717, 1.165) is 11.1 Å². The summed E-state index contributed by atoms with van der Waals surface area (Å²) in [5.74, 6) is 0.592. The molecule has 178 valence electrons. The van der Waals surface area contributed by atoms with E-state index in [4.69, 9.17) is 21.1 Å². The number of carbonyl (C=O) groups excluding carboxylic acids is 1. The van der Waals surface area contributed by atoms with E-state index in [1.165, 1.54) is 18.2 Å². The van der Waals surface area contributed by atoms with Crippen molar-refractivity contribution in [3.8, 4) is 23.3 Å². The maximum atomic E-state index is 12.7. The number of carbonyl (C=O) groups is 1. The Morgan fingerprint density at radius 1 is 1.14 bits per heavy atom. The van der Waals surface area contributed by atoms with E-state index >= 15 is 0 Å². The van der Waals surface area contributed by atoms with E-state index < -0.39 is 5.91 Å². The number of rotatable bonds is 10. The molecule has 0 atom stereocenters. The Kier molecular flexibility index (Phi) is 8.94. The maximum Gasteiger partial charge on any atom is 0.266 e. The molecule has 0 aliphatic carbocycles. The topological polar surface area (TPSA) is 91.6 Å². The van der Waals surface area contributed by atoms with Crippen molar-refractivity contribution in [1.29, 1.82) is 5.26 Å². The highest BCUT2D eigenvalue weighted by Gasteiger charge is 2.15. The Labute approximate surface area is 209 Å². The molecular weight excluding hydrogens is 464 g/mol. The molecule has 3 aromatic rings. The second-order valence-corrected chi connectivity index (χ2v) is 7.96. The zero-order chi connectivity index (χ0) is 25.2. The highest BCUT2D eigenvalue weighted by atomic mass is 35.5. The third kappa shape index (κ3) is 7.13. The lowest BCUT2D eigenvalue weighted by atomic mass is 10.0. The zero-order valence-corrected chi connectivity index (χ0v) is 20.0. The van der Waals surface area contributed by atoms with Gasteiger partial charge in [0.25, 0.3) is 5.91 Å². The molecule has 35 heavy (non-hydrogen) atoms. The molecule has 0 radical (unpaired) electrons. The highest BCUT2D eigenvalue weighted by Crippen LogP contribution is 2.35. The summed E-state index contributed by atoms with van der Waals surface area (Å²) in [7, 11) is 0. The van der Waals surface area contributed by atoms with Crippen LogP contribution in [-0.4, -0.2) is 17.6 Å². The van der Waals surface area contributed by atoms with E-state index in [-0.39, 0.29) is 11.3 Å². The predicted octanol–water partition coefficient (Wildman–Crippen LogP) is 6.30. The smallest absolute Gasteiger partial charge is 0.266 e. The Hall–Kier alpha value is -4.21. The minimum absolute atomic E-state index is 0.0793. The van der Waals surface area contributed by atoms with Crippen molar-refractivity contribution in [3.05, 3.63) is 101 Å². The number of amides is 1. The van der Waals surface area contributed by atoms with Crippen LogP contribution in [-0.2, 0) is 17.8 Å². The molecule has 0 saturated carbocycles. The Morgan fingerprint density at radius 2 is 1.86 bits per heavy atom. The van der Waals surface area contributed by atoms with Gasteiger partial charge in [-0.3, -0.25) is 4.79 Å². The molecule has 0 bridgehead atoms. The van der Waals surface area contributed by atoms with Gasteiger partial charge in [-0.15, -0.1) is 6.58 Å². The number of anilines is 1. The van der Waals surface area contributed by atoms with Crippen LogP contribution < -0.4 is 14.8 Å². The van der Waals surface area contributed by atoms with Gasteiger partial charge < -0.3 is 19.9 Å². The number of ether oxygens (including phenoxy) is 2. The summed E-state index contributed by atoms with van der Waals surface area (Å²) in [6.45, 7) is 6.42. The molecule has 7 heteroatoms. The van der Waals surface area contributed by atoms with Gasteiger partial charge in [0.2, 0.25) is 0 Å². The lowest BCUT2D eigenvalue weighted by molar-refractivity contribution is -0.112. The molecule has 0 saturated heterocycles. The number of allylic oxidation sites excluding steroid dienone is 1. The molecule has 3 aromatic carbocycles. The first kappa shape index (κ1) is 25.4. The van der Waals surface area contributed by atoms with Gasteiger partial charge in [0.15, 0.2) is 11.5 Å². The summed E-state index contributed by atoms with van der Waals surface area (Å²) in [6, 6.07) is 18.9. The summed E-state index contributed by atoms with van der Waals surface area (Å²) >= 11 is 5.97. The standard InChI is InChI=1S/C28H25ClN2O4/c1-3-5-21-14-20(15-22(17-30)28(33)31-24-10-12-25(32)13-11-24)16-26(34-4-2)27(21)35-18-19-6-8-23(29)9-7-19/h3,6-16,32H,1,4-5,18H2,2H3,(H,31,33)/b22-15+. The van der Waals surface area contributed by atoms with Crippen LogP contribution in [0.4, 0.5) is 5.69 Å². The maximum absolute atomic E-state index is 12.7. The first-order valence-corrected chi connectivity index (χ1v) is 11.3. The van der Waals surface area contributed by atoms with Crippen LogP contribution in [0.15, 0.2) is 78.9 Å². The van der Waals surface area contributed by atoms with Crippen LogP contribution in [0.1, 0.15) is 23.6 Å². The molecule has 0 aliphatic rings. The quantitative estimate of drug-likeness (QED) is 0.151. The third-order valence-electron chi connectivity index (χ3n) is 4.92. The van der Waals surface area contributed by atoms with Gasteiger partial charge in [0.1, 0.15) is 24.0 Å². The summed E-state index contributed by atoms with van der Waals surface area (Å²) in [5, 5.41) is 22.3. The van der Waals surface area contributed by atoms with Crippen molar-refractivity contribution in [1.82, 2.24) is 0 Å². The average molecular weight is 489 g/mol. The lowest BCUT2D eigenvalue weighted by Crippen LogP contribution is -2.13. The number of phenols is 1. The Balaban J connectivity index is 1.91. The molecule has 3 rings (SSSR count). The first-order valence-electron chi connectivity index (χ1n) is 10.9. The number of hydrogen-bond acceptors (Lipinski definition) is 5. The van der Waals surface area contributed by atoms with Crippen LogP contribution in [0, 0.1) is 11.3 Å². The molecule has 0 fully saturated rings. The van der Waals surface area contributed by atoms with Gasteiger partial charge in [0.05, 0.1) is 6.61 Å². The van der Waals surface area contributed by atoms with Gasteiger partial charge >= 0.3 is 0 Å². The van der Waals surface area contributed by atoms with Crippen molar-refractivity contribution in [2.45, 2.75) is 20.0 Å². The fraction of sp³-hybridized carbons (Fsp3) is 0.143. The number of benzene rings is 3. The zero-order valence-electron chi connectivity index (χ0n) is 19.3. The van der Waals surface area contributed by atoms with Crippen molar-refractivity contribution in [3.63, 3.8) is 0 Å². The molecule has 2 N–H and O–H groups in total. The summed E-state index contributed by atoms with van der Waals surface area (Å²) in [6.07, 6.45) is 3.74. The Bertz CT molecular complexity index is 1260. The van der Waals surface area contributed by atoms with E-state index in [2.05, 4.69) is 11.9 Å². The van der Waals surface area contributed by atoms with E-state index in [1.54, 1.807) is 36.4 Å². The van der Waals surface area contributed by atoms with Gasteiger partial charge in [-0.25, -0.2) is 0 Å². The van der Waals surface area contributed by atoms with Crippen LogP contribution in [0.25, 0.3) is 6.08 Å². The number of nitrogens with one attached hydrogen (secondary N) is 1. The summed E-state index contributed by atoms with van der Waals surface area (Å²) in [5.41, 5.74) is 2.74. The monoisotopic (exact) mass is 488 g/mol. The fourth-order valence-corrected chi connectivity index (χ4v) is 3.42. The van der Waals surface area contributed by atoms with Crippen molar-refractivity contribution in [2.75, 3.05) is 11.9 Å². The average Bonchev–Trinajstić information content (AvgIpc) is 2.85. The number of nitriles is 1. The van der Waals surface area contributed by atoms with Gasteiger partial charge in [0, 0.05) is 16.3 Å². The second-order valence-electron chi connectivity index (χ2n) is 7.52. The summed E-state index contributed by atoms with van der Waals surface area (Å²) in [4.78, 5) is 12.7. The van der Waals surface area contributed by atoms with E-state index in [9.17, 15) is 15.2 Å². The number of hydrogen-bond donors (Lipinski definition) is 2. The highest BCUT2D eigenvalue weighted by molar-refractivity contribution is 6.30. The van der Waals surface area contributed by atoms with Crippen LogP contribution >= 0.6 is 11.6 Å². The van der Waals surface area contributed by atoms with E-state index in [1.807, 2.05) is 31.2 Å². The van der Waals surface area contributed by atoms with Crippen molar-refractivity contribution < 1.29 is 19.4 Å². The first-order chi connectivity index (χ1) is 16.9. The molecule has 0 heterocycles.